The number of benzene rings is 2. The maximum Gasteiger partial charge on any atom is 0.573 e. The highest BCUT2D eigenvalue weighted by molar-refractivity contribution is 5.55. The predicted molar refractivity (Wildman–Crippen MR) is 89.5 cm³/mol. The summed E-state index contributed by atoms with van der Waals surface area (Å²) in [5.74, 6) is 0.388. The van der Waals surface area contributed by atoms with Crippen LogP contribution in [0.4, 0.5) is 13.2 Å². The summed E-state index contributed by atoms with van der Waals surface area (Å²) >= 11 is 0. The first kappa shape index (κ1) is 17.5. The van der Waals surface area contributed by atoms with Crippen LogP contribution in [0.15, 0.2) is 59.1 Å². The summed E-state index contributed by atoms with van der Waals surface area (Å²) in [6.07, 6.45) is -4.73. The molecule has 3 aromatic rings. The van der Waals surface area contributed by atoms with E-state index in [-0.39, 0.29) is 17.7 Å². The van der Waals surface area contributed by atoms with Crippen LogP contribution in [0.3, 0.4) is 0 Å². The smallest absolute Gasteiger partial charge is 0.406 e. The molecule has 2 aromatic carbocycles. The molecule has 0 spiro atoms. The van der Waals surface area contributed by atoms with Crippen LogP contribution in [0.5, 0.6) is 5.75 Å². The second-order valence-corrected chi connectivity index (χ2v) is 6.05. The third kappa shape index (κ3) is 3.93. The zero-order valence-corrected chi connectivity index (χ0v) is 13.9. The van der Waals surface area contributed by atoms with Gasteiger partial charge in [-0.25, -0.2) is 5.43 Å². The van der Waals surface area contributed by atoms with Crippen molar-refractivity contribution in [1.29, 1.82) is 0 Å². The first-order chi connectivity index (χ1) is 13.0. The quantitative estimate of drug-likeness (QED) is 0.725. The minimum Gasteiger partial charge on any atom is -0.406 e. The van der Waals surface area contributed by atoms with Crippen molar-refractivity contribution in [3.05, 3.63) is 66.1 Å². The molecule has 1 aliphatic heterocycles. The molecule has 4 rings (SSSR count). The highest BCUT2D eigenvalue weighted by atomic mass is 19.4. The predicted octanol–water partition coefficient (Wildman–Crippen LogP) is 3.57. The second kappa shape index (κ2) is 7.01. The van der Waals surface area contributed by atoms with E-state index in [4.69, 9.17) is 4.52 Å². The van der Waals surface area contributed by atoms with E-state index in [9.17, 15) is 13.2 Å². The zero-order chi connectivity index (χ0) is 18.9. The number of aromatic nitrogens is 2. The van der Waals surface area contributed by atoms with Gasteiger partial charge in [-0.05, 0) is 29.8 Å². The van der Waals surface area contributed by atoms with Crippen molar-refractivity contribution in [3.63, 3.8) is 0 Å². The van der Waals surface area contributed by atoms with Crippen LogP contribution < -0.4 is 15.6 Å². The molecule has 0 amide bonds. The number of hydrazine groups is 1. The van der Waals surface area contributed by atoms with Crippen LogP contribution in [0, 0.1) is 0 Å². The Morgan fingerprint density at radius 2 is 1.78 bits per heavy atom. The summed E-state index contributed by atoms with van der Waals surface area (Å²) in [6, 6.07) is 15.2. The fourth-order valence-corrected chi connectivity index (χ4v) is 3.01. The van der Waals surface area contributed by atoms with Gasteiger partial charge in [0.15, 0.2) is 0 Å². The molecule has 6 nitrogen and oxygen atoms in total. The minimum atomic E-state index is -4.73. The number of hydrogen-bond donors (Lipinski definition) is 2. The van der Waals surface area contributed by atoms with Crippen LogP contribution in [0.1, 0.15) is 23.4 Å². The van der Waals surface area contributed by atoms with Crippen molar-refractivity contribution in [2.24, 2.45) is 0 Å². The summed E-state index contributed by atoms with van der Waals surface area (Å²) in [5, 5.41) is 3.96. The lowest BCUT2D eigenvalue weighted by atomic mass is 9.95. The molecule has 0 aliphatic carbocycles. The Morgan fingerprint density at radius 3 is 2.48 bits per heavy atom. The summed E-state index contributed by atoms with van der Waals surface area (Å²) in [5.41, 5.74) is 7.92. The van der Waals surface area contributed by atoms with Crippen molar-refractivity contribution in [1.82, 2.24) is 21.0 Å². The van der Waals surface area contributed by atoms with Gasteiger partial charge in [-0.1, -0.05) is 35.5 Å². The summed E-state index contributed by atoms with van der Waals surface area (Å²) in [4.78, 5) is 4.42. The lowest BCUT2D eigenvalue weighted by molar-refractivity contribution is -0.274. The maximum atomic E-state index is 12.2. The van der Waals surface area contributed by atoms with Crippen LogP contribution in [0.2, 0.25) is 0 Å². The molecule has 1 aliphatic rings. The van der Waals surface area contributed by atoms with Gasteiger partial charge in [0.2, 0.25) is 11.7 Å². The lowest BCUT2D eigenvalue weighted by Crippen LogP contribution is -2.24. The number of nitrogens with one attached hydrogen (secondary N) is 2. The van der Waals surface area contributed by atoms with E-state index in [1.165, 1.54) is 24.3 Å². The van der Waals surface area contributed by atoms with Gasteiger partial charge in [-0.15, -0.1) is 13.2 Å². The summed E-state index contributed by atoms with van der Waals surface area (Å²) in [6.45, 7) is 0.611. The number of hydrogen-bond acceptors (Lipinski definition) is 6. The topological polar surface area (TPSA) is 72.2 Å². The summed E-state index contributed by atoms with van der Waals surface area (Å²) < 4.78 is 46.0. The molecule has 0 radical (unpaired) electrons. The molecule has 27 heavy (non-hydrogen) atoms. The Bertz CT molecular complexity index is 897. The van der Waals surface area contributed by atoms with E-state index in [1.807, 2.05) is 30.3 Å². The molecule has 0 saturated carbocycles. The standard InChI is InChI=1S/C18H15F3N4O2/c19-18(20,21)26-13-8-6-12(7-9-13)16-23-17(27-25-16)14-10-22-24-15(14)11-4-2-1-3-5-11/h1-9,14-15,22,24H,10H2. The van der Waals surface area contributed by atoms with E-state index in [0.717, 1.165) is 5.56 Å². The van der Waals surface area contributed by atoms with Gasteiger partial charge in [0.1, 0.15) is 5.75 Å². The van der Waals surface area contributed by atoms with Gasteiger partial charge in [0.05, 0.1) is 12.0 Å². The third-order valence-electron chi connectivity index (χ3n) is 4.25. The Labute approximate surface area is 152 Å². The first-order valence-electron chi connectivity index (χ1n) is 8.23. The van der Waals surface area contributed by atoms with Gasteiger partial charge in [0.25, 0.3) is 0 Å². The molecule has 1 aromatic heterocycles. The van der Waals surface area contributed by atoms with Crippen molar-refractivity contribution in [3.8, 4) is 17.1 Å². The van der Waals surface area contributed by atoms with Crippen molar-refractivity contribution >= 4 is 0 Å². The molecule has 2 heterocycles. The lowest BCUT2D eigenvalue weighted by Gasteiger charge is -2.15. The highest BCUT2D eigenvalue weighted by Gasteiger charge is 2.34. The molecule has 2 unspecified atom stereocenters. The van der Waals surface area contributed by atoms with Crippen LogP contribution in [-0.2, 0) is 0 Å². The van der Waals surface area contributed by atoms with E-state index in [1.54, 1.807) is 0 Å². The van der Waals surface area contributed by atoms with Gasteiger partial charge >= 0.3 is 6.36 Å². The Kier molecular flexibility index (Phi) is 4.54. The van der Waals surface area contributed by atoms with E-state index >= 15 is 0 Å². The Balaban J connectivity index is 1.53. The highest BCUT2D eigenvalue weighted by Crippen LogP contribution is 2.33. The maximum absolute atomic E-state index is 12.2. The molecular formula is C18H15F3N4O2. The number of alkyl halides is 3. The zero-order valence-electron chi connectivity index (χ0n) is 13.9. The average Bonchev–Trinajstić information content (AvgIpc) is 3.31. The minimum absolute atomic E-state index is 0.0259. The third-order valence-corrected chi connectivity index (χ3v) is 4.25. The van der Waals surface area contributed by atoms with Gasteiger partial charge < -0.3 is 9.26 Å². The average molecular weight is 376 g/mol. The van der Waals surface area contributed by atoms with Crippen LogP contribution in [-0.4, -0.2) is 23.0 Å². The number of nitrogens with zero attached hydrogens (tertiary/aromatic N) is 2. The molecule has 140 valence electrons. The molecule has 1 saturated heterocycles. The van der Waals surface area contributed by atoms with Crippen molar-refractivity contribution < 1.29 is 22.4 Å². The van der Waals surface area contributed by atoms with Crippen LogP contribution >= 0.6 is 0 Å². The Hall–Kier alpha value is -2.91. The largest absolute Gasteiger partial charge is 0.573 e. The first-order valence-corrected chi connectivity index (χ1v) is 8.23. The fourth-order valence-electron chi connectivity index (χ4n) is 3.01. The molecule has 1 fully saturated rings. The van der Waals surface area contributed by atoms with Gasteiger partial charge in [0, 0.05) is 12.1 Å². The molecule has 9 heteroatoms. The SMILES string of the molecule is FC(F)(F)Oc1ccc(-c2noc(C3CNNC3c3ccccc3)n2)cc1. The molecule has 0 bridgehead atoms. The Morgan fingerprint density at radius 1 is 1.04 bits per heavy atom. The monoisotopic (exact) mass is 376 g/mol. The molecular weight excluding hydrogens is 361 g/mol. The van der Waals surface area contributed by atoms with E-state index in [0.29, 0.717) is 23.8 Å². The fraction of sp³-hybridized carbons (Fsp3) is 0.222. The van der Waals surface area contributed by atoms with Gasteiger partial charge in [-0.2, -0.15) is 4.98 Å². The van der Waals surface area contributed by atoms with Gasteiger partial charge in [-0.3, -0.25) is 5.43 Å². The summed E-state index contributed by atoms with van der Waals surface area (Å²) in [7, 11) is 0. The number of rotatable bonds is 4. The van der Waals surface area contributed by atoms with E-state index in [2.05, 4.69) is 25.7 Å². The second-order valence-electron chi connectivity index (χ2n) is 6.05. The normalized spacial score (nSPS) is 20.0. The molecule has 2 N–H and O–H groups in total. The van der Waals surface area contributed by atoms with E-state index < -0.39 is 6.36 Å². The van der Waals surface area contributed by atoms with Crippen molar-refractivity contribution in [2.45, 2.75) is 18.3 Å². The van der Waals surface area contributed by atoms with Crippen molar-refractivity contribution in [2.75, 3.05) is 6.54 Å². The number of ether oxygens (including phenoxy) is 1. The number of halogens is 3. The van der Waals surface area contributed by atoms with Crippen LogP contribution in [0.25, 0.3) is 11.4 Å². The molecule has 2 atom stereocenters.